The van der Waals surface area contributed by atoms with Gasteiger partial charge in [-0.1, -0.05) is 104 Å². The molecule has 6 heteroatoms. The number of carbonyl (C=O) groups excluding carboxylic acids is 2. The van der Waals surface area contributed by atoms with Gasteiger partial charge in [-0.25, -0.2) is 0 Å². The van der Waals surface area contributed by atoms with Gasteiger partial charge in [0.25, 0.3) is 10.1 Å². The molecule has 0 bridgehead atoms. The second-order valence-corrected chi connectivity index (χ2v) is 10.3. The van der Waals surface area contributed by atoms with Crippen LogP contribution in [0.2, 0.25) is 0 Å². The summed E-state index contributed by atoms with van der Waals surface area (Å²) in [5.41, 5.74) is 0. The molecule has 5 nitrogen and oxygen atoms in total. The number of unbranched alkanes of at least 4 members (excludes halogenated alkanes) is 14. The molecule has 0 spiro atoms. The molecule has 0 aromatic rings. The SMILES string of the molecule is CCCCCCCCCCC(=O)CC(C(=O)CCCCCCCCCC)S(=O)(=O)O. The van der Waals surface area contributed by atoms with Crippen LogP contribution in [0.25, 0.3) is 0 Å². The topological polar surface area (TPSA) is 88.5 Å². The number of ketones is 2. The molecule has 1 atom stereocenters. The van der Waals surface area contributed by atoms with Gasteiger partial charge in [0, 0.05) is 19.3 Å². The van der Waals surface area contributed by atoms with Gasteiger partial charge in [-0.2, -0.15) is 8.42 Å². The molecule has 0 aromatic carbocycles. The molecule has 0 fully saturated rings. The quantitative estimate of drug-likeness (QED) is 0.145. The Kier molecular flexibility index (Phi) is 18.5. The molecule has 0 amide bonds. The van der Waals surface area contributed by atoms with Gasteiger partial charge in [-0.15, -0.1) is 0 Å². The third-order valence-electron chi connectivity index (χ3n) is 5.72. The first kappa shape index (κ1) is 29.2. The van der Waals surface area contributed by atoms with Crippen LogP contribution in [0.5, 0.6) is 0 Å². The molecule has 0 radical (unpaired) electrons. The number of Topliss-reactive ketones (excluding diaryl/α,β-unsaturated/α-hetero) is 2. The Balaban J connectivity index is 4.08. The summed E-state index contributed by atoms with van der Waals surface area (Å²) >= 11 is 0. The van der Waals surface area contributed by atoms with E-state index in [-0.39, 0.29) is 25.0 Å². The Labute approximate surface area is 185 Å². The van der Waals surface area contributed by atoms with E-state index in [1.165, 1.54) is 57.8 Å². The van der Waals surface area contributed by atoms with Crippen molar-refractivity contribution >= 4 is 21.7 Å². The molecule has 0 saturated heterocycles. The van der Waals surface area contributed by atoms with Crippen LogP contribution in [0, 0.1) is 0 Å². The lowest BCUT2D eigenvalue weighted by molar-refractivity contribution is -0.124. The van der Waals surface area contributed by atoms with Gasteiger partial charge in [-0.05, 0) is 12.8 Å². The van der Waals surface area contributed by atoms with Crippen LogP contribution in [-0.4, -0.2) is 29.8 Å². The van der Waals surface area contributed by atoms with E-state index in [2.05, 4.69) is 13.8 Å². The zero-order valence-corrected chi connectivity index (χ0v) is 20.3. The summed E-state index contributed by atoms with van der Waals surface area (Å²) in [6, 6.07) is 0. The van der Waals surface area contributed by atoms with E-state index in [1.807, 2.05) is 0 Å². The fraction of sp³-hybridized carbons (Fsp3) is 0.917. The first-order chi connectivity index (χ1) is 14.3. The van der Waals surface area contributed by atoms with Gasteiger partial charge in [0.2, 0.25) is 0 Å². The summed E-state index contributed by atoms with van der Waals surface area (Å²) in [4.78, 5) is 24.5. The fourth-order valence-electron chi connectivity index (χ4n) is 3.74. The van der Waals surface area contributed by atoms with E-state index in [4.69, 9.17) is 0 Å². The van der Waals surface area contributed by atoms with Gasteiger partial charge in [0.15, 0.2) is 11.0 Å². The minimum absolute atomic E-state index is 0.116. The van der Waals surface area contributed by atoms with E-state index in [0.717, 1.165) is 38.5 Å². The Bertz CT molecular complexity index is 542. The Morgan fingerprint density at radius 2 is 1.00 bits per heavy atom. The van der Waals surface area contributed by atoms with Crippen LogP contribution < -0.4 is 0 Å². The smallest absolute Gasteiger partial charge is 0.275 e. The van der Waals surface area contributed by atoms with E-state index in [0.29, 0.717) is 6.42 Å². The van der Waals surface area contributed by atoms with Crippen molar-refractivity contribution in [2.45, 2.75) is 141 Å². The minimum Gasteiger partial charge on any atom is -0.300 e. The molecule has 0 aliphatic heterocycles. The molecule has 178 valence electrons. The largest absolute Gasteiger partial charge is 0.300 e. The zero-order valence-electron chi connectivity index (χ0n) is 19.5. The zero-order chi connectivity index (χ0) is 22.7. The average Bonchev–Trinajstić information content (AvgIpc) is 2.69. The fourth-order valence-corrected chi connectivity index (χ4v) is 4.59. The molecule has 1 unspecified atom stereocenters. The first-order valence-electron chi connectivity index (χ1n) is 12.3. The van der Waals surface area contributed by atoms with Crippen LogP contribution in [0.1, 0.15) is 136 Å². The summed E-state index contributed by atoms with van der Waals surface area (Å²) in [6.45, 7) is 4.36. The number of rotatable bonds is 22. The van der Waals surface area contributed by atoms with E-state index < -0.39 is 21.2 Å². The van der Waals surface area contributed by atoms with Gasteiger partial charge in [-0.3, -0.25) is 14.1 Å². The van der Waals surface area contributed by atoms with Crippen LogP contribution >= 0.6 is 0 Å². The van der Waals surface area contributed by atoms with Crippen molar-refractivity contribution in [3.8, 4) is 0 Å². The molecule has 0 aromatic heterocycles. The molecule has 0 rings (SSSR count). The van der Waals surface area contributed by atoms with Crippen molar-refractivity contribution in [3.63, 3.8) is 0 Å². The third kappa shape index (κ3) is 17.0. The highest BCUT2D eigenvalue weighted by atomic mass is 32.2. The van der Waals surface area contributed by atoms with E-state index in [9.17, 15) is 22.6 Å². The molecular formula is C24H46O5S. The predicted molar refractivity (Wildman–Crippen MR) is 124 cm³/mol. The van der Waals surface area contributed by atoms with Crippen molar-refractivity contribution < 1.29 is 22.6 Å². The Morgan fingerprint density at radius 3 is 1.40 bits per heavy atom. The molecule has 30 heavy (non-hydrogen) atoms. The van der Waals surface area contributed by atoms with Crippen LogP contribution in [0.15, 0.2) is 0 Å². The summed E-state index contributed by atoms with van der Waals surface area (Å²) in [7, 11) is -4.54. The number of hydrogen-bond acceptors (Lipinski definition) is 4. The number of hydrogen-bond donors (Lipinski definition) is 1. The van der Waals surface area contributed by atoms with Crippen molar-refractivity contribution in [1.29, 1.82) is 0 Å². The summed E-state index contributed by atoms with van der Waals surface area (Å²) < 4.78 is 32.7. The summed E-state index contributed by atoms with van der Waals surface area (Å²) in [5, 5.41) is -1.58. The van der Waals surface area contributed by atoms with Gasteiger partial charge < -0.3 is 0 Å². The molecular weight excluding hydrogens is 400 g/mol. The molecule has 0 heterocycles. The van der Waals surface area contributed by atoms with Crippen molar-refractivity contribution in [2.75, 3.05) is 0 Å². The van der Waals surface area contributed by atoms with E-state index in [1.54, 1.807) is 0 Å². The van der Waals surface area contributed by atoms with Gasteiger partial charge >= 0.3 is 0 Å². The number of carbonyl (C=O) groups is 2. The standard InChI is InChI=1S/C24H46O5S/c1-3-5-7-9-11-13-15-17-19-22(25)21-24(30(27,28)29)23(26)20-18-16-14-12-10-8-6-4-2/h24H,3-21H2,1-2H3,(H,27,28,29). The maximum absolute atomic E-state index is 12.3. The highest BCUT2D eigenvalue weighted by Gasteiger charge is 2.32. The van der Waals surface area contributed by atoms with Crippen molar-refractivity contribution in [1.82, 2.24) is 0 Å². The molecule has 0 saturated carbocycles. The van der Waals surface area contributed by atoms with Crippen molar-refractivity contribution in [3.05, 3.63) is 0 Å². The minimum atomic E-state index is -4.54. The summed E-state index contributed by atoms with van der Waals surface area (Å²) in [5.74, 6) is -0.763. The molecule has 1 N–H and O–H groups in total. The monoisotopic (exact) mass is 446 g/mol. The lowest BCUT2D eigenvalue weighted by atomic mass is 10.0. The first-order valence-corrected chi connectivity index (χ1v) is 13.8. The lowest BCUT2D eigenvalue weighted by Crippen LogP contribution is -2.32. The highest BCUT2D eigenvalue weighted by molar-refractivity contribution is 7.87. The third-order valence-corrected chi connectivity index (χ3v) is 6.87. The summed E-state index contributed by atoms with van der Waals surface area (Å²) in [6.07, 6.45) is 17.4. The van der Waals surface area contributed by atoms with Gasteiger partial charge in [0.1, 0.15) is 5.78 Å². The van der Waals surface area contributed by atoms with Crippen LogP contribution in [0.4, 0.5) is 0 Å². The second-order valence-electron chi connectivity index (χ2n) is 8.66. The van der Waals surface area contributed by atoms with Crippen LogP contribution in [0.3, 0.4) is 0 Å². The molecule has 0 aliphatic rings. The van der Waals surface area contributed by atoms with Crippen LogP contribution in [-0.2, 0) is 19.7 Å². The maximum Gasteiger partial charge on any atom is 0.275 e. The Morgan fingerprint density at radius 1 is 0.633 bits per heavy atom. The van der Waals surface area contributed by atoms with E-state index >= 15 is 0 Å². The maximum atomic E-state index is 12.3. The Hall–Kier alpha value is -0.750. The van der Waals surface area contributed by atoms with Gasteiger partial charge in [0.05, 0.1) is 0 Å². The normalized spacial score (nSPS) is 12.8. The van der Waals surface area contributed by atoms with Crippen molar-refractivity contribution in [2.24, 2.45) is 0 Å². The molecule has 0 aliphatic carbocycles. The predicted octanol–water partition coefficient (Wildman–Crippen LogP) is 6.83. The average molecular weight is 447 g/mol. The lowest BCUT2D eigenvalue weighted by Gasteiger charge is -2.12. The second kappa shape index (κ2) is 19.0. The highest BCUT2D eigenvalue weighted by Crippen LogP contribution is 2.16.